The molecule has 0 aliphatic carbocycles. The molecule has 6 heteroatoms. The van der Waals surface area contributed by atoms with E-state index in [2.05, 4.69) is 33.9 Å². The largest absolute Gasteiger partial charge is 0.444 e. The molecule has 0 aromatic rings. The standard InChI is InChI=1S/C19H37NO4Si/c1-10-19(14-21)11-12-20(16(22)23-17(2,3)4)13-15(19)24-25(8,9)18(5,6)7/h14-15H,10-13H2,1-9H3/t15-,19-/m0/s1. The number of nitrogens with zero attached hydrogens (tertiary/aromatic N) is 1. The number of hydrogen-bond acceptors (Lipinski definition) is 4. The average Bonchev–Trinajstić information content (AvgIpc) is 2.44. The summed E-state index contributed by atoms with van der Waals surface area (Å²) in [5.74, 6) is 0. The molecule has 1 amide bonds. The lowest BCUT2D eigenvalue weighted by Crippen LogP contribution is -2.59. The van der Waals surface area contributed by atoms with Crippen LogP contribution in [0.25, 0.3) is 0 Å². The Hall–Kier alpha value is -0.883. The topological polar surface area (TPSA) is 55.8 Å². The van der Waals surface area contributed by atoms with E-state index in [1.54, 1.807) is 4.90 Å². The molecule has 146 valence electrons. The second kappa shape index (κ2) is 7.39. The Morgan fingerprint density at radius 3 is 2.20 bits per heavy atom. The highest BCUT2D eigenvalue weighted by Crippen LogP contribution is 2.43. The number of hydrogen-bond donors (Lipinski definition) is 0. The summed E-state index contributed by atoms with van der Waals surface area (Å²) in [5, 5.41) is 0.0452. The predicted molar refractivity (Wildman–Crippen MR) is 103 cm³/mol. The molecule has 5 nitrogen and oxygen atoms in total. The van der Waals surface area contributed by atoms with Gasteiger partial charge in [0, 0.05) is 13.1 Å². The summed E-state index contributed by atoms with van der Waals surface area (Å²) in [6.45, 7) is 19.5. The van der Waals surface area contributed by atoms with E-state index in [1.165, 1.54) is 0 Å². The van der Waals surface area contributed by atoms with Crippen LogP contribution in [0.5, 0.6) is 0 Å². The zero-order valence-corrected chi connectivity index (χ0v) is 18.6. The van der Waals surface area contributed by atoms with Crippen LogP contribution in [0, 0.1) is 5.41 Å². The second-order valence-corrected chi connectivity index (χ2v) is 14.5. The molecule has 1 aliphatic heterocycles. The van der Waals surface area contributed by atoms with Crippen LogP contribution in [0.4, 0.5) is 4.79 Å². The van der Waals surface area contributed by atoms with E-state index in [-0.39, 0.29) is 17.2 Å². The van der Waals surface area contributed by atoms with Crippen molar-refractivity contribution < 1.29 is 18.8 Å². The first-order chi connectivity index (χ1) is 11.2. The Balaban J connectivity index is 3.05. The Bertz CT molecular complexity index is 493. The van der Waals surface area contributed by atoms with Gasteiger partial charge in [0.1, 0.15) is 11.9 Å². The zero-order valence-electron chi connectivity index (χ0n) is 17.6. The van der Waals surface area contributed by atoms with Gasteiger partial charge in [-0.2, -0.15) is 0 Å². The van der Waals surface area contributed by atoms with Crippen LogP contribution in [0.3, 0.4) is 0 Å². The molecule has 1 aliphatic rings. The van der Waals surface area contributed by atoms with Gasteiger partial charge in [0.25, 0.3) is 0 Å². The smallest absolute Gasteiger partial charge is 0.410 e. The fraction of sp³-hybridized carbons (Fsp3) is 0.895. The van der Waals surface area contributed by atoms with E-state index < -0.39 is 19.3 Å². The van der Waals surface area contributed by atoms with Gasteiger partial charge in [0.05, 0.1) is 11.5 Å². The summed E-state index contributed by atoms with van der Waals surface area (Å²) in [6.07, 6.45) is 1.78. The maximum Gasteiger partial charge on any atom is 0.410 e. The number of carbonyl (C=O) groups excluding carboxylic acids is 2. The summed E-state index contributed by atoms with van der Waals surface area (Å²) in [7, 11) is -2.06. The first kappa shape index (κ1) is 22.2. The molecular formula is C19H37NO4Si. The SMILES string of the molecule is CC[C@@]1(C=O)CCN(C(=O)OC(C)(C)C)C[C@@H]1O[Si](C)(C)C(C)(C)C. The number of carbonyl (C=O) groups is 2. The summed E-state index contributed by atoms with van der Waals surface area (Å²) in [6, 6.07) is 0. The molecule has 1 fully saturated rings. The van der Waals surface area contributed by atoms with E-state index in [0.717, 1.165) is 12.7 Å². The first-order valence-electron chi connectivity index (χ1n) is 9.29. The minimum absolute atomic E-state index is 0.0452. The van der Waals surface area contributed by atoms with E-state index in [1.807, 2.05) is 27.7 Å². The molecule has 0 bridgehead atoms. The molecule has 1 saturated heterocycles. The number of piperidine rings is 1. The third-order valence-corrected chi connectivity index (χ3v) is 10.1. The number of ether oxygens (including phenoxy) is 1. The number of rotatable bonds is 4. The average molecular weight is 372 g/mol. The lowest BCUT2D eigenvalue weighted by molar-refractivity contribution is -0.127. The molecule has 0 radical (unpaired) electrons. The van der Waals surface area contributed by atoms with Gasteiger partial charge in [-0.05, 0) is 51.7 Å². The van der Waals surface area contributed by atoms with Crippen LogP contribution in [0.15, 0.2) is 0 Å². The lowest BCUT2D eigenvalue weighted by atomic mass is 9.75. The van der Waals surface area contributed by atoms with Crippen LogP contribution in [-0.2, 0) is 14.0 Å². The third kappa shape index (κ3) is 5.30. The summed E-state index contributed by atoms with van der Waals surface area (Å²) in [5.41, 5.74) is -1.05. The zero-order chi connectivity index (χ0) is 19.7. The number of likely N-dealkylation sites (tertiary alicyclic amines) is 1. The van der Waals surface area contributed by atoms with Gasteiger partial charge in [0.15, 0.2) is 8.32 Å². The summed E-state index contributed by atoms with van der Waals surface area (Å²) in [4.78, 5) is 26.1. The lowest BCUT2D eigenvalue weighted by Gasteiger charge is -2.49. The molecule has 1 heterocycles. The highest BCUT2D eigenvalue weighted by molar-refractivity contribution is 6.74. The second-order valence-electron chi connectivity index (χ2n) is 9.75. The highest BCUT2D eigenvalue weighted by atomic mass is 28.4. The Labute approximate surface area is 154 Å². The van der Waals surface area contributed by atoms with Crippen molar-refractivity contribution in [2.24, 2.45) is 5.41 Å². The normalized spacial score (nSPS) is 25.6. The van der Waals surface area contributed by atoms with Crippen molar-refractivity contribution in [2.45, 2.75) is 91.1 Å². The third-order valence-electron chi connectivity index (χ3n) is 5.66. The monoisotopic (exact) mass is 371 g/mol. The Morgan fingerprint density at radius 1 is 1.24 bits per heavy atom. The van der Waals surface area contributed by atoms with Gasteiger partial charge in [-0.25, -0.2) is 4.79 Å². The molecule has 0 unspecified atom stereocenters. The summed E-state index contributed by atoms with van der Waals surface area (Å²) < 4.78 is 12.1. The highest BCUT2D eigenvalue weighted by Gasteiger charge is 2.49. The van der Waals surface area contributed by atoms with Crippen LogP contribution in [-0.4, -0.2) is 50.4 Å². The maximum atomic E-state index is 12.5. The number of amides is 1. The van der Waals surface area contributed by atoms with Gasteiger partial charge >= 0.3 is 6.09 Å². The van der Waals surface area contributed by atoms with Gasteiger partial charge in [0.2, 0.25) is 0 Å². The Kier molecular flexibility index (Phi) is 6.55. The summed E-state index contributed by atoms with van der Waals surface area (Å²) >= 11 is 0. The molecular weight excluding hydrogens is 334 g/mol. The molecule has 25 heavy (non-hydrogen) atoms. The predicted octanol–water partition coefficient (Wildman–Crippen LogP) is 4.61. The molecule has 0 aromatic heterocycles. The fourth-order valence-corrected chi connectivity index (χ4v) is 4.15. The van der Waals surface area contributed by atoms with Crippen molar-refractivity contribution in [3.8, 4) is 0 Å². The minimum Gasteiger partial charge on any atom is -0.444 e. The molecule has 0 spiro atoms. The maximum absolute atomic E-state index is 12.5. The Morgan fingerprint density at radius 2 is 1.80 bits per heavy atom. The minimum atomic E-state index is -2.06. The van der Waals surface area contributed by atoms with Crippen LogP contribution in [0.2, 0.25) is 18.1 Å². The molecule has 1 rings (SSSR count). The van der Waals surface area contributed by atoms with Crippen LogP contribution >= 0.6 is 0 Å². The van der Waals surface area contributed by atoms with Crippen molar-refractivity contribution in [1.29, 1.82) is 0 Å². The van der Waals surface area contributed by atoms with Gasteiger partial charge < -0.3 is 18.9 Å². The van der Waals surface area contributed by atoms with Crippen LogP contribution < -0.4 is 0 Å². The van der Waals surface area contributed by atoms with E-state index in [9.17, 15) is 9.59 Å². The quantitative estimate of drug-likeness (QED) is 0.535. The van der Waals surface area contributed by atoms with Crippen molar-refractivity contribution in [3.05, 3.63) is 0 Å². The first-order valence-corrected chi connectivity index (χ1v) is 12.2. The van der Waals surface area contributed by atoms with Crippen LogP contribution in [0.1, 0.15) is 61.3 Å². The van der Waals surface area contributed by atoms with Gasteiger partial charge in [-0.1, -0.05) is 27.7 Å². The fourth-order valence-electron chi connectivity index (χ4n) is 2.78. The van der Waals surface area contributed by atoms with Crippen molar-refractivity contribution in [3.63, 3.8) is 0 Å². The molecule has 0 saturated carbocycles. The van der Waals surface area contributed by atoms with E-state index >= 15 is 0 Å². The number of aldehydes is 1. The van der Waals surface area contributed by atoms with Crippen molar-refractivity contribution >= 4 is 20.7 Å². The molecule has 0 N–H and O–H groups in total. The molecule has 2 atom stereocenters. The van der Waals surface area contributed by atoms with E-state index in [0.29, 0.717) is 19.5 Å². The van der Waals surface area contributed by atoms with Crippen molar-refractivity contribution in [1.82, 2.24) is 4.90 Å². The molecule has 0 aromatic carbocycles. The van der Waals surface area contributed by atoms with Gasteiger partial charge in [-0.15, -0.1) is 0 Å². The van der Waals surface area contributed by atoms with E-state index in [4.69, 9.17) is 9.16 Å². The van der Waals surface area contributed by atoms with Crippen molar-refractivity contribution in [2.75, 3.05) is 13.1 Å². The van der Waals surface area contributed by atoms with Gasteiger partial charge in [-0.3, -0.25) is 0 Å².